The summed E-state index contributed by atoms with van der Waals surface area (Å²) in [6.07, 6.45) is 8.54. The minimum Gasteiger partial charge on any atom is -0.481 e. The van der Waals surface area contributed by atoms with Gasteiger partial charge in [0.25, 0.3) is 0 Å². The van der Waals surface area contributed by atoms with Crippen molar-refractivity contribution in [1.82, 2.24) is 19.9 Å². The lowest BCUT2D eigenvalue weighted by molar-refractivity contribution is -0.138. The van der Waals surface area contributed by atoms with Gasteiger partial charge in [-0.25, -0.2) is 0 Å². The molecule has 39 heavy (non-hydrogen) atoms. The van der Waals surface area contributed by atoms with E-state index in [0.29, 0.717) is 25.0 Å². The summed E-state index contributed by atoms with van der Waals surface area (Å²) in [6.45, 7) is 0. The van der Waals surface area contributed by atoms with Crippen LogP contribution in [0, 0.1) is 0 Å². The predicted octanol–water partition coefficient (Wildman–Crippen LogP) is 0.679. The molecule has 1 aliphatic rings. The van der Waals surface area contributed by atoms with Crippen LogP contribution in [0.2, 0.25) is 0 Å². The highest BCUT2D eigenvalue weighted by Gasteiger charge is 2.11. The standard InChI is InChI=1S/C29H28N4O6/c34-27(35)6-1-16-9-21-12-19-4-5-20(30-19)13-22-10-17(2-7-28(36)37)25(32-22)15-26-18(3-8-29(38)39)11-23(33-26)14-24(16)31-21/h4-5,9-15,30-33H,1-3,6-8H2,(H,34,35)(H,36,37)(H,38,39). The van der Waals surface area contributed by atoms with Crippen LogP contribution in [-0.4, -0.2) is 53.2 Å². The number of aryl methyl sites for hydroxylation is 3. The first kappa shape index (κ1) is 25.7. The number of aromatic amines is 4. The number of aliphatic carboxylic acids is 3. The second-order valence-corrected chi connectivity index (χ2v) is 9.62. The number of nitrogens with one attached hydrogen (secondary N) is 4. The van der Waals surface area contributed by atoms with Gasteiger partial charge < -0.3 is 35.3 Å². The molecular weight excluding hydrogens is 500 g/mol. The van der Waals surface area contributed by atoms with Crippen LogP contribution >= 0.6 is 0 Å². The number of carboxylic acids is 3. The van der Waals surface area contributed by atoms with Crippen LogP contribution in [0.4, 0.5) is 0 Å². The van der Waals surface area contributed by atoms with Crippen molar-refractivity contribution in [2.45, 2.75) is 38.5 Å². The molecule has 10 nitrogen and oxygen atoms in total. The molecule has 4 aromatic heterocycles. The average molecular weight is 529 g/mol. The number of hydrogen-bond acceptors (Lipinski definition) is 3. The van der Waals surface area contributed by atoms with E-state index in [0.717, 1.165) is 55.2 Å². The molecule has 0 unspecified atom stereocenters. The SMILES string of the molecule is O=C(O)CCc1cc2[nH]c1C=c1[nH]c(cc1CCC(=O)O)=Cc1ccc([nH]1)C=c1cc(CCC(=O)O)c([nH]1)=C2. The molecule has 1 aliphatic heterocycles. The molecule has 7 N–H and O–H groups in total. The lowest BCUT2D eigenvalue weighted by Gasteiger charge is -1.98. The Bertz CT molecular complexity index is 1810. The van der Waals surface area contributed by atoms with E-state index in [1.54, 1.807) is 0 Å². The van der Waals surface area contributed by atoms with Gasteiger partial charge in [-0.05, 0) is 90.6 Å². The van der Waals surface area contributed by atoms with Crippen molar-refractivity contribution in [2.24, 2.45) is 0 Å². The van der Waals surface area contributed by atoms with Gasteiger partial charge in [-0.1, -0.05) is 0 Å². The van der Waals surface area contributed by atoms with Gasteiger partial charge in [-0.15, -0.1) is 0 Å². The third kappa shape index (κ3) is 6.30. The molecule has 0 aliphatic carbocycles. The van der Waals surface area contributed by atoms with E-state index < -0.39 is 17.9 Å². The Kier molecular flexibility index (Phi) is 7.09. The van der Waals surface area contributed by atoms with E-state index in [4.69, 9.17) is 0 Å². The Morgan fingerprint density at radius 3 is 1.54 bits per heavy atom. The van der Waals surface area contributed by atoms with Crippen molar-refractivity contribution in [3.63, 3.8) is 0 Å². The van der Waals surface area contributed by atoms with E-state index in [1.807, 2.05) is 54.6 Å². The maximum atomic E-state index is 11.3. The summed E-state index contributed by atoms with van der Waals surface area (Å²) in [7, 11) is 0. The predicted molar refractivity (Wildman–Crippen MR) is 144 cm³/mol. The van der Waals surface area contributed by atoms with Gasteiger partial charge in [0.05, 0.1) is 0 Å². The minimum atomic E-state index is -0.907. The average Bonchev–Trinajstić information content (AvgIpc) is 3.63. The maximum Gasteiger partial charge on any atom is 0.303 e. The third-order valence-electron chi connectivity index (χ3n) is 6.63. The molecule has 5 rings (SSSR count). The summed E-state index contributed by atoms with van der Waals surface area (Å²) in [5, 5.41) is 30.9. The van der Waals surface area contributed by atoms with Gasteiger partial charge in [-0.3, -0.25) is 14.4 Å². The summed E-state index contributed by atoms with van der Waals surface area (Å²) < 4.78 is 0. The van der Waals surface area contributed by atoms with E-state index in [9.17, 15) is 29.7 Å². The fraction of sp³-hybridized carbons (Fsp3) is 0.207. The molecule has 0 aromatic carbocycles. The van der Waals surface area contributed by atoms with E-state index in [2.05, 4.69) is 19.9 Å². The van der Waals surface area contributed by atoms with Crippen molar-refractivity contribution in [3.05, 3.63) is 91.2 Å². The molecule has 8 bridgehead atoms. The van der Waals surface area contributed by atoms with Crippen LogP contribution in [0.25, 0.3) is 24.3 Å². The highest BCUT2D eigenvalue weighted by molar-refractivity contribution is 5.69. The van der Waals surface area contributed by atoms with Crippen molar-refractivity contribution in [1.29, 1.82) is 0 Å². The van der Waals surface area contributed by atoms with Gasteiger partial charge >= 0.3 is 17.9 Å². The molecule has 200 valence electrons. The molecular formula is C29H28N4O6. The van der Waals surface area contributed by atoms with E-state index in [-0.39, 0.29) is 19.3 Å². The number of H-pyrrole nitrogens is 4. The first-order valence-electron chi connectivity index (χ1n) is 12.6. The third-order valence-corrected chi connectivity index (χ3v) is 6.63. The fourth-order valence-electron chi connectivity index (χ4n) is 4.81. The summed E-state index contributed by atoms with van der Waals surface area (Å²) in [6, 6.07) is 9.63. The summed E-state index contributed by atoms with van der Waals surface area (Å²) >= 11 is 0. The van der Waals surface area contributed by atoms with Crippen LogP contribution in [0.5, 0.6) is 0 Å². The number of aromatic nitrogens is 4. The van der Waals surface area contributed by atoms with Crippen molar-refractivity contribution in [3.8, 4) is 0 Å². The zero-order valence-corrected chi connectivity index (χ0v) is 21.0. The van der Waals surface area contributed by atoms with E-state index in [1.165, 1.54) is 0 Å². The van der Waals surface area contributed by atoms with Gasteiger partial charge in [0, 0.05) is 63.4 Å². The van der Waals surface area contributed by atoms with Crippen LogP contribution in [0.3, 0.4) is 0 Å². The number of hydrogen-bond donors (Lipinski definition) is 7. The largest absolute Gasteiger partial charge is 0.481 e. The molecule has 10 heteroatoms. The number of rotatable bonds is 9. The molecule has 0 atom stereocenters. The molecule has 0 radical (unpaired) electrons. The topological polar surface area (TPSA) is 175 Å². The highest BCUT2D eigenvalue weighted by Crippen LogP contribution is 2.16. The smallest absolute Gasteiger partial charge is 0.303 e. The zero-order valence-electron chi connectivity index (χ0n) is 21.0. The van der Waals surface area contributed by atoms with Gasteiger partial charge in [0.15, 0.2) is 0 Å². The van der Waals surface area contributed by atoms with Crippen LogP contribution in [0.1, 0.15) is 58.7 Å². The second-order valence-electron chi connectivity index (χ2n) is 9.62. The monoisotopic (exact) mass is 528 g/mol. The minimum absolute atomic E-state index is 0.0125. The zero-order chi connectivity index (χ0) is 27.5. The molecule has 0 spiro atoms. The number of carboxylic acid groups (broad SMARTS) is 3. The maximum absolute atomic E-state index is 11.3. The fourth-order valence-corrected chi connectivity index (χ4v) is 4.81. The normalized spacial score (nSPS) is 12.1. The van der Waals surface area contributed by atoms with Crippen LogP contribution < -0.4 is 21.4 Å². The molecule has 5 heterocycles. The second kappa shape index (κ2) is 10.8. The van der Waals surface area contributed by atoms with Crippen molar-refractivity contribution < 1.29 is 29.7 Å². The number of carbonyl (C=O) groups is 3. The lowest BCUT2D eigenvalue weighted by Crippen LogP contribution is -2.14. The van der Waals surface area contributed by atoms with Crippen molar-refractivity contribution in [2.75, 3.05) is 0 Å². The molecule has 0 saturated carbocycles. The van der Waals surface area contributed by atoms with Crippen LogP contribution in [0.15, 0.2) is 30.3 Å². The van der Waals surface area contributed by atoms with Crippen molar-refractivity contribution >= 4 is 42.2 Å². The Hall–Kier alpha value is -4.99. The van der Waals surface area contributed by atoms with Crippen LogP contribution in [-0.2, 0) is 33.6 Å². The van der Waals surface area contributed by atoms with Gasteiger partial charge in [-0.2, -0.15) is 0 Å². The summed E-state index contributed by atoms with van der Waals surface area (Å²) in [4.78, 5) is 47.3. The van der Waals surface area contributed by atoms with Gasteiger partial charge in [0.1, 0.15) is 0 Å². The number of fused-ring (bicyclic) bond motifs is 8. The molecule has 0 amide bonds. The molecule has 0 saturated heterocycles. The lowest BCUT2D eigenvalue weighted by atomic mass is 10.1. The Labute approximate surface area is 221 Å². The Morgan fingerprint density at radius 2 is 1.03 bits per heavy atom. The van der Waals surface area contributed by atoms with E-state index >= 15 is 0 Å². The first-order chi connectivity index (χ1) is 18.7. The highest BCUT2D eigenvalue weighted by atomic mass is 16.4. The summed E-state index contributed by atoms with van der Waals surface area (Å²) in [5.74, 6) is -2.68. The first-order valence-corrected chi connectivity index (χ1v) is 12.6. The quantitative estimate of drug-likeness (QED) is 0.148. The molecule has 0 fully saturated rings. The molecule has 4 aromatic rings. The Balaban J connectivity index is 1.73. The Morgan fingerprint density at radius 1 is 0.538 bits per heavy atom. The van der Waals surface area contributed by atoms with Gasteiger partial charge in [0.2, 0.25) is 0 Å². The summed E-state index contributed by atoms with van der Waals surface area (Å²) in [5.41, 5.74) is 5.63.